The molecule has 2 aromatic carbocycles. The molecular weight excluding hydrogens is 390 g/mol. The van der Waals surface area contributed by atoms with Crippen LogP contribution in [0, 0.1) is 6.92 Å². The van der Waals surface area contributed by atoms with Gasteiger partial charge in [-0.25, -0.2) is 18.9 Å². The van der Waals surface area contributed by atoms with Crippen molar-refractivity contribution in [2.24, 2.45) is 0 Å². The van der Waals surface area contributed by atoms with Crippen LogP contribution >= 0.6 is 0 Å². The van der Waals surface area contributed by atoms with E-state index in [9.17, 15) is 9.59 Å². The number of aryl methyl sites for hydroxylation is 2. The van der Waals surface area contributed by atoms with Crippen LogP contribution in [0.4, 0.5) is 0 Å². The van der Waals surface area contributed by atoms with E-state index in [0.29, 0.717) is 11.5 Å². The Morgan fingerprint density at radius 3 is 2.45 bits per heavy atom. The largest absolute Gasteiger partial charge is 0.352 e. The first kappa shape index (κ1) is 20.5. The van der Waals surface area contributed by atoms with Crippen molar-refractivity contribution in [2.75, 3.05) is 0 Å². The fourth-order valence-corrected chi connectivity index (χ4v) is 3.62. The second kappa shape index (κ2) is 8.95. The van der Waals surface area contributed by atoms with Gasteiger partial charge in [0.05, 0.1) is 5.69 Å². The van der Waals surface area contributed by atoms with Crippen LogP contribution in [0.25, 0.3) is 16.9 Å². The smallest absolute Gasteiger partial charge is 0.352 e. The molecule has 0 aliphatic heterocycles. The van der Waals surface area contributed by atoms with Gasteiger partial charge in [-0.2, -0.15) is 0 Å². The molecule has 0 aliphatic rings. The predicted molar refractivity (Wildman–Crippen MR) is 120 cm³/mol. The average molecular weight is 415 g/mol. The highest BCUT2D eigenvalue weighted by Crippen LogP contribution is 2.18. The highest BCUT2D eigenvalue weighted by molar-refractivity contribution is 5.76. The number of benzene rings is 2. The molecule has 0 fully saturated rings. The van der Waals surface area contributed by atoms with Gasteiger partial charge in [0.15, 0.2) is 5.65 Å². The quantitative estimate of drug-likeness (QED) is 0.503. The van der Waals surface area contributed by atoms with Crippen molar-refractivity contribution in [1.82, 2.24) is 24.5 Å². The fraction of sp³-hybridized carbons (Fsp3) is 0.250. The van der Waals surface area contributed by atoms with Gasteiger partial charge in [-0.1, -0.05) is 60.7 Å². The van der Waals surface area contributed by atoms with Crippen molar-refractivity contribution in [2.45, 2.75) is 39.3 Å². The zero-order valence-electron chi connectivity index (χ0n) is 17.7. The second-order valence-electron chi connectivity index (χ2n) is 7.68. The Labute approximate surface area is 180 Å². The molecule has 0 bridgehead atoms. The molecule has 1 unspecified atom stereocenters. The van der Waals surface area contributed by atoms with E-state index < -0.39 is 0 Å². The molecule has 7 nitrogen and oxygen atoms in total. The highest BCUT2D eigenvalue weighted by Gasteiger charge is 2.15. The van der Waals surface area contributed by atoms with Crippen molar-refractivity contribution in [3.05, 3.63) is 88.6 Å². The summed E-state index contributed by atoms with van der Waals surface area (Å²) in [6.45, 7) is 3.60. The lowest BCUT2D eigenvalue weighted by Gasteiger charge is -2.13. The van der Waals surface area contributed by atoms with Crippen molar-refractivity contribution in [3.63, 3.8) is 0 Å². The van der Waals surface area contributed by atoms with Gasteiger partial charge in [0.25, 0.3) is 0 Å². The molecule has 31 heavy (non-hydrogen) atoms. The lowest BCUT2D eigenvalue weighted by Crippen LogP contribution is -2.38. The van der Waals surface area contributed by atoms with Crippen molar-refractivity contribution < 1.29 is 4.79 Å². The van der Waals surface area contributed by atoms with Gasteiger partial charge in [-0.3, -0.25) is 4.79 Å². The number of carbonyl (C=O) groups is 1. The summed E-state index contributed by atoms with van der Waals surface area (Å²) in [5.41, 5.74) is 3.02. The molecule has 7 heteroatoms. The van der Waals surface area contributed by atoms with E-state index in [0.717, 1.165) is 24.1 Å². The SMILES string of the molecule is Cc1nc(-c2ccccc2)cc2nn(CC(=O)NC(C)CCc3ccccc3)c(=O)n12. The number of nitrogens with one attached hydrogen (secondary N) is 1. The number of amides is 1. The van der Waals surface area contributed by atoms with Crippen molar-refractivity contribution in [1.29, 1.82) is 0 Å². The number of fused-ring (bicyclic) bond motifs is 1. The molecule has 2 aromatic heterocycles. The van der Waals surface area contributed by atoms with Crippen LogP contribution in [0.1, 0.15) is 24.7 Å². The molecule has 4 aromatic rings. The van der Waals surface area contributed by atoms with E-state index >= 15 is 0 Å². The minimum atomic E-state index is -0.369. The number of aromatic nitrogens is 4. The first-order chi connectivity index (χ1) is 15.0. The maximum absolute atomic E-state index is 12.8. The van der Waals surface area contributed by atoms with Gasteiger partial charge in [0.2, 0.25) is 5.91 Å². The number of hydrogen-bond acceptors (Lipinski definition) is 4. The van der Waals surface area contributed by atoms with E-state index in [-0.39, 0.29) is 24.2 Å². The Morgan fingerprint density at radius 1 is 1.06 bits per heavy atom. The minimum absolute atomic E-state index is 0.00599. The molecule has 1 N–H and O–H groups in total. The standard InChI is InChI=1S/C24H25N5O2/c1-17(13-14-19-9-5-3-6-10-19)25-23(30)16-28-24(31)29-18(2)26-21(15-22(29)27-28)20-11-7-4-8-12-20/h3-12,15,17H,13-14,16H2,1-2H3,(H,25,30). The average Bonchev–Trinajstić information content (AvgIpc) is 3.09. The van der Waals surface area contributed by atoms with Crippen LogP contribution in [-0.2, 0) is 17.8 Å². The number of rotatable bonds is 7. The normalized spacial score (nSPS) is 12.1. The van der Waals surface area contributed by atoms with E-state index in [4.69, 9.17) is 0 Å². The van der Waals surface area contributed by atoms with E-state index in [1.807, 2.05) is 55.5 Å². The highest BCUT2D eigenvalue weighted by atomic mass is 16.2. The molecule has 0 saturated carbocycles. The summed E-state index contributed by atoms with van der Waals surface area (Å²) >= 11 is 0. The topological polar surface area (TPSA) is 81.3 Å². The molecule has 0 radical (unpaired) electrons. The van der Waals surface area contributed by atoms with Crippen LogP contribution in [-0.4, -0.2) is 31.1 Å². The fourth-order valence-electron chi connectivity index (χ4n) is 3.62. The Hall–Kier alpha value is -3.74. The molecule has 0 saturated heterocycles. The Morgan fingerprint density at radius 2 is 1.74 bits per heavy atom. The van der Waals surface area contributed by atoms with Gasteiger partial charge in [0, 0.05) is 17.7 Å². The van der Waals surface area contributed by atoms with Crippen LogP contribution in [0.15, 0.2) is 71.5 Å². The first-order valence-electron chi connectivity index (χ1n) is 10.4. The number of hydrogen-bond donors (Lipinski definition) is 1. The first-order valence-corrected chi connectivity index (χ1v) is 10.4. The Balaban J connectivity index is 1.46. The molecule has 158 valence electrons. The third-order valence-corrected chi connectivity index (χ3v) is 5.22. The second-order valence-corrected chi connectivity index (χ2v) is 7.68. The molecule has 0 aliphatic carbocycles. The molecule has 1 amide bonds. The third kappa shape index (κ3) is 4.71. The van der Waals surface area contributed by atoms with E-state index in [2.05, 4.69) is 27.5 Å². The van der Waals surface area contributed by atoms with Gasteiger partial charge in [-0.15, -0.1) is 5.10 Å². The van der Waals surface area contributed by atoms with E-state index in [1.54, 1.807) is 13.0 Å². The zero-order chi connectivity index (χ0) is 21.8. The predicted octanol–water partition coefficient (Wildman–Crippen LogP) is 3.00. The van der Waals surface area contributed by atoms with Gasteiger partial charge < -0.3 is 5.32 Å². The van der Waals surface area contributed by atoms with Crippen molar-refractivity contribution >= 4 is 11.6 Å². The summed E-state index contributed by atoms with van der Waals surface area (Å²) in [6.07, 6.45) is 1.70. The number of carbonyl (C=O) groups excluding carboxylic acids is 1. The summed E-state index contributed by atoms with van der Waals surface area (Å²) in [4.78, 5) is 29.8. The maximum atomic E-state index is 12.8. The monoisotopic (exact) mass is 415 g/mol. The van der Waals surface area contributed by atoms with Gasteiger partial charge in [0.1, 0.15) is 12.4 Å². The van der Waals surface area contributed by atoms with Gasteiger partial charge in [-0.05, 0) is 32.3 Å². The maximum Gasteiger partial charge on any atom is 0.352 e. The summed E-state index contributed by atoms with van der Waals surface area (Å²) in [5.74, 6) is 0.296. The zero-order valence-corrected chi connectivity index (χ0v) is 17.7. The molecule has 0 spiro atoms. The minimum Gasteiger partial charge on any atom is -0.352 e. The summed E-state index contributed by atoms with van der Waals surface area (Å²) in [5, 5.41) is 7.32. The molecule has 4 rings (SSSR count). The van der Waals surface area contributed by atoms with Crippen LogP contribution in [0.5, 0.6) is 0 Å². The summed E-state index contributed by atoms with van der Waals surface area (Å²) in [7, 11) is 0. The van der Waals surface area contributed by atoms with Gasteiger partial charge >= 0.3 is 5.69 Å². The van der Waals surface area contributed by atoms with E-state index in [1.165, 1.54) is 14.6 Å². The van der Waals surface area contributed by atoms with Crippen molar-refractivity contribution in [3.8, 4) is 11.3 Å². The van der Waals surface area contributed by atoms with Crippen LogP contribution in [0.2, 0.25) is 0 Å². The molecule has 1 atom stereocenters. The number of nitrogens with zero attached hydrogens (tertiary/aromatic N) is 4. The lowest BCUT2D eigenvalue weighted by molar-refractivity contribution is -0.122. The lowest BCUT2D eigenvalue weighted by atomic mass is 10.1. The Bertz CT molecular complexity index is 1250. The summed E-state index contributed by atoms with van der Waals surface area (Å²) in [6, 6.07) is 21.6. The van der Waals surface area contributed by atoms with Crippen LogP contribution < -0.4 is 11.0 Å². The summed E-state index contributed by atoms with van der Waals surface area (Å²) < 4.78 is 2.62. The Kier molecular flexibility index (Phi) is 5.93. The van der Waals surface area contributed by atoms with Crippen LogP contribution in [0.3, 0.4) is 0 Å². The molecular formula is C24H25N5O2. The third-order valence-electron chi connectivity index (χ3n) is 5.22. The molecule has 2 heterocycles.